The standard InChI is InChI=1S/C26H24ClN3O3S/c27-21-8-4-5-9-22(21)34-24-25(31)29-30(26(24)32)23(17-6-2-1-3-7-17)18-10-12-19(13-11-18)28-20-14-15-33-16-20/h1-13,20,23-24,28H,14-16H2,(H,29,31)/t20-,23?,24?/m1/s1. The number of hydrogen-bond acceptors (Lipinski definition) is 5. The monoisotopic (exact) mass is 493 g/mol. The van der Waals surface area contributed by atoms with E-state index in [4.69, 9.17) is 16.3 Å². The van der Waals surface area contributed by atoms with Crippen LogP contribution < -0.4 is 10.7 Å². The summed E-state index contributed by atoms with van der Waals surface area (Å²) in [5.74, 6) is -0.649. The summed E-state index contributed by atoms with van der Waals surface area (Å²) in [6.07, 6.45) is 0.979. The normalized spacial score (nSPS) is 20.9. The lowest BCUT2D eigenvalue weighted by molar-refractivity contribution is -0.131. The van der Waals surface area contributed by atoms with Crippen LogP contribution in [0.4, 0.5) is 5.69 Å². The molecule has 3 aromatic carbocycles. The molecular formula is C26H24ClN3O3S. The molecule has 0 aliphatic carbocycles. The molecule has 2 aliphatic rings. The molecule has 3 aromatic rings. The van der Waals surface area contributed by atoms with Gasteiger partial charge in [-0.1, -0.05) is 66.2 Å². The molecule has 5 rings (SSSR count). The molecule has 2 aliphatic heterocycles. The van der Waals surface area contributed by atoms with Crippen LogP contribution in [0.15, 0.2) is 83.8 Å². The zero-order valence-electron chi connectivity index (χ0n) is 18.3. The summed E-state index contributed by atoms with van der Waals surface area (Å²) < 4.78 is 5.44. The molecule has 0 saturated carbocycles. The van der Waals surface area contributed by atoms with Crippen LogP contribution in [0.25, 0.3) is 0 Å². The predicted molar refractivity (Wildman–Crippen MR) is 134 cm³/mol. The number of carbonyl (C=O) groups is 2. The van der Waals surface area contributed by atoms with Crippen LogP contribution in [0.5, 0.6) is 0 Å². The first kappa shape index (κ1) is 22.8. The van der Waals surface area contributed by atoms with E-state index in [2.05, 4.69) is 10.7 Å². The molecule has 3 atom stereocenters. The summed E-state index contributed by atoms with van der Waals surface area (Å²) in [4.78, 5) is 27.0. The number of halogens is 1. The van der Waals surface area contributed by atoms with E-state index in [0.717, 1.165) is 29.8 Å². The topological polar surface area (TPSA) is 70.7 Å². The fourth-order valence-corrected chi connectivity index (χ4v) is 5.44. The van der Waals surface area contributed by atoms with E-state index in [0.29, 0.717) is 22.6 Å². The zero-order chi connectivity index (χ0) is 23.5. The maximum absolute atomic E-state index is 13.5. The third-order valence-electron chi connectivity index (χ3n) is 5.91. The molecule has 2 N–H and O–H groups in total. The first-order valence-electron chi connectivity index (χ1n) is 11.1. The van der Waals surface area contributed by atoms with Crippen LogP contribution in [0.2, 0.25) is 5.02 Å². The Labute approximate surface area is 207 Å². The molecule has 2 saturated heterocycles. The van der Waals surface area contributed by atoms with Gasteiger partial charge in [-0.25, -0.2) is 5.01 Å². The number of thioether (sulfide) groups is 1. The predicted octanol–water partition coefficient (Wildman–Crippen LogP) is 4.66. The lowest BCUT2D eigenvalue weighted by Crippen LogP contribution is -2.39. The highest BCUT2D eigenvalue weighted by Gasteiger charge is 2.44. The van der Waals surface area contributed by atoms with Gasteiger partial charge in [-0.05, 0) is 41.8 Å². The van der Waals surface area contributed by atoms with Crippen molar-refractivity contribution < 1.29 is 14.3 Å². The highest BCUT2D eigenvalue weighted by molar-refractivity contribution is 8.01. The number of nitrogens with one attached hydrogen (secondary N) is 2. The Bertz CT molecular complexity index is 1170. The van der Waals surface area contributed by atoms with Gasteiger partial charge in [-0.2, -0.15) is 0 Å². The number of hydrogen-bond donors (Lipinski definition) is 2. The van der Waals surface area contributed by atoms with Gasteiger partial charge in [0, 0.05) is 17.2 Å². The van der Waals surface area contributed by atoms with Gasteiger partial charge in [0.25, 0.3) is 11.8 Å². The van der Waals surface area contributed by atoms with Crippen LogP contribution in [0, 0.1) is 0 Å². The molecule has 0 radical (unpaired) electrons. The highest BCUT2D eigenvalue weighted by Crippen LogP contribution is 2.37. The van der Waals surface area contributed by atoms with Crippen molar-refractivity contribution in [2.75, 3.05) is 18.5 Å². The summed E-state index contributed by atoms with van der Waals surface area (Å²) in [6, 6.07) is 24.7. The van der Waals surface area contributed by atoms with Gasteiger partial charge in [0.15, 0.2) is 5.25 Å². The van der Waals surface area contributed by atoms with Crippen molar-refractivity contribution in [1.29, 1.82) is 0 Å². The van der Waals surface area contributed by atoms with Gasteiger partial charge in [0.1, 0.15) is 6.04 Å². The number of nitrogens with zero attached hydrogens (tertiary/aromatic N) is 1. The Kier molecular flexibility index (Phi) is 6.76. The molecule has 2 unspecified atom stereocenters. The zero-order valence-corrected chi connectivity index (χ0v) is 19.9. The minimum absolute atomic E-state index is 0.297. The third kappa shape index (κ3) is 4.78. The summed E-state index contributed by atoms with van der Waals surface area (Å²) >= 11 is 7.44. The first-order valence-corrected chi connectivity index (χ1v) is 12.4. The first-order chi connectivity index (χ1) is 16.6. The van der Waals surface area contributed by atoms with Crippen molar-refractivity contribution in [3.63, 3.8) is 0 Å². The van der Waals surface area contributed by atoms with E-state index in [-0.39, 0.29) is 11.8 Å². The van der Waals surface area contributed by atoms with Gasteiger partial charge in [-0.15, -0.1) is 11.8 Å². The van der Waals surface area contributed by atoms with Crippen molar-refractivity contribution in [3.05, 3.63) is 95.0 Å². The summed E-state index contributed by atoms with van der Waals surface area (Å²) in [6.45, 7) is 1.48. The molecule has 6 nitrogen and oxygen atoms in total. The number of amides is 2. The number of ether oxygens (including phenoxy) is 1. The van der Waals surface area contributed by atoms with Gasteiger partial charge < -0.3 is 10.1 Å². The van der Waals surface area contributed by atoms with Gasteiger partial charge in [0.2, 0.25) is 0 Å². The van der Waals surface area contributed by atoms with Crippen molar-refractivity contribution in [1.82, 2.24) is 10.4 Å². The van der Waals surface area contributed by atoms with Crippen molar-refractivity contribution in [3.8, 4) is 0 Å². The maximum Gasteiger partial charge on any atom is 0.265 e. The van der Waals surface area contributed by atoms with Gasteiger partial charge in [0.05, 0.1) is 17.7 Å². The Hall–Kier alpha value is -3.00. The third-order valence-corrected chi connectivity index (χ3v) is 7.62. The molecule has 2 fully saturated rings. The van der Waals surface area contributed by atoms with E-state index in [1.165, 1.54) is 16.8 Å². The van der Waals surface area contributed by atoms with Gasteiger partial charge >= 0.3 is 0 Å². The molecule has 0 aromatic heterocycles. The Morgan fingerprint density at radius 1 is 0.971 bits per heavy atom. The van der Waals surface area contributed by atoms with E-state index < -0.39 is 11.3 Å². The molecule has 0 bridgehead atoms. The van der Waals surface area contributed by atoms with E-state index in [1.807, 2.05) is 72.8 Å². The number of carbonyl (C=O) groups excluding carboxylic acids is 2. The summed E-state index contributed by atoms with van der Waals surface area (Å²) in [7, 11) is 0. The Balaban J connectivity index is 1.42. The Morgan fingerprint density at radius 2 is 1.68 bits per heavy atom. The molecule has 174 valence electrons. The van der Waals surface area contributed by atoms with Crippen molar-refractivity contribution in [2.45, 2.75) is 28.6 Å². The number of benzene rings is 3. The van der Waals surface area contributed by atoms with E-state index in [9.17, 15) is 9.59 Å². The lowest BCUT2D eigenvalue weighted by Gasteiger charge is -2.28. The molecule has 2 heterocycles. The average molecular weight is 494 g/mol. The molecule has 34 heavy (non-hydrogen) atoms. The van der Waals surface area contributed by atoms with Crippen LogP contribution >= 0.6 is 23.4 Å². The molecule has 8 heteroatoms. The van der Waals surface area contributed by atoms with Gasteiger partial charge in [-0.3, -0.25) is 15.0 Å². The lowest BCUT2D eigenvalue weighted by atomic mass is 9.97. The molecular weight excluding hydrogens is 470 g/mol. The minimum Gasteiger partial charge on any atom is -0.380 e. The van der Waals surface area contributed by atoms with Crippen LogP contribution in [-0.2, 0) is 14.3 Å². The van der Waals surface area contributed by atoms with Crippen molar-refractivity contribution >= 4 is 40.9 Å². The quantitative estimate of drug-likeness (QED) is 0.468. The van der Waals surface area contributed by atoms with Crippen LogP contribution in [0.1, 0.15) is 23.6 Å². The Morgan fingerprint density at radius 3 is 2.38 bits per heavy atom. The second-order valence-electron chi connectivity index (χ2n) is 8.25. The second-order valence-corrected chi connectivity index (χ2v) is 9.81. The van der Waals surface area contributed by atoms with Crippen molar-refractivity contribution in [2.24, 2.45) is 0 Å². The fraction of sp³-hybridized carbons (Fsp3) is 0.231. The molecule has 2 amide bonds. The highest BCUT2D eigenvalue weighted by atomic mass is 35.5. The average Bonchev–Trinajstić information content (AvgIpc) is 3.46. The smallest absolute Gasteiger partial charge is 0.265 e. The number of hydrazine groups is 1. The summed E-state index contributed by atoms with van der Waals surface area (Å²) in [5, 5.41) is 4.53. The molecule has 0 spiro atoms. The summed E-state index contributed by atoms with van der Waals surface area (Å²) in [5.41, 5.74) is 5.61. The largest absolute Gasteiger partial charge is 0.380 e. The van der Waals surface area contributed by atoms with Crippen LogP contribution in [0.3, 0.4) is 0 Å². The number of rotatable bonds is 7. The van der Waals surface area contributed by atoms with E-state index in [1.54, 1.807) is 6.07 Å². The SMILES string of the molecule is O=C1NN(C(c2ccccc2)c2ccc(N[C@@H]3CCOC3)cc2)C(=O)C1Sc1ccccc1Cl. The fourth-order valence-electron chi connectivity index (χ4n) is 4.21. The van der Waals surface area contributed by atoms with E-state index >= 15 is 0 Å². The number of anilines is 1. The minimum atomic E-state index is -0.908. The maximum atomic E-state index is 13.5. The van der Waals surface area contributed by atoms with Crippen LogP contribution in [-0.4, -0.2) is 41.3 Å². The second kappa shape index (κ2) is 10.1.